The van der Waals surface area contributed by atoms with E-state index in [-0.39, 0.29) is 11.3 Å². The number of aromatic hydroxyl groups is 1. The first-order valence-corrected chi connectivity index (χ1v) is 4.36. The zero-order chi connectivity index (χ0) is 10.9. The van der Waals surface area contributed by atoms with E-state index < -0.39 is 18.0 Å². The van der Waals surface area contributed by atoms with Crippen LogP contribution in [-0.4, -0.2) is 16.3 Å². The lowest BCUT2D eigenvalue weighted by molar-refractivity contribution is 0.145. The average molecular weight is 199 g/mol. The largest absolute Gasteiger partial charge is 0.507 e. The lowest BCUT2D eigenvalue weighted by Gasteiger charge is -2.17. The van der Waals surface area contributed by atoms with Gasteiger partial charge in [0.15, 0.2) is 0 Å². The van der Waals surface area contributed by atoms with Gasteiger partial charge in [-0.2, -0.15) is 0 Å². The first-order valence-electron chi connectivity index (χ1n) is 4.36. The quantitative estimate of drug-likeness (QED) is 0.671. The van der Waals surface area contributed by atoms with Crippen molar-refractivity contribution in [2.24, 2.45) is 5.73 Å². The van der Waals surface area contributed by atoms with Crippen molar-refractivity contribution in [3.8, 4) is 5.75 Å². The lowest BCUT2D eigenvalue weighted by Crippen LogP contribution is -2.25. The minimum Gasteiger partial charge on any atom is -0.507 e. The van der Waals surface area contributed by atoms with Gasteiger partial charge in [0.25, 0.3) is 0 Å². The predicted molar refractivity (Wildman–Crippen MR) is 51.4 cm³/mol. The molecular formula is C10H14FNO2. The Bertz CT molecular complexity index is 339. The number of halogens is 1. The summed E-state index contributed by atoms with van der Waals surface area (Å²) >= 11 is 0. The Morgan fingerprint density at radius 3 is 2.50 bits per heavy atom. The summed E-state index contributed by atoms with van der Waals surface area (Å²) in [5, 5.41) is 18.9. The number of aryl methyl sites for hydroxylation is 1. The first kappa shape index (κ1) is 10.9. The van der Waals surface area contributed by atoms with Crippen LogP contribution >= 0.6 is 0 Å². The van der Waals surface area contributed by atoms with Crippen LogP contribution < -0.4 is 5.73 Å². The monoisotopic (exact) mass is 199 g/mol. The van der Waals surface area contributed by atoms with Gasteiger partial charge in [0, 0.05) is 6.04 Å². The fourth-order valence-corrected chi connectivity index (χ4v) is 1.24. The van der Waals surface area contributed by atoms with E-state index in [0.29, 0.717) is 5.56 Å². The fourth-order valence-electron chi connectivity index (χ4n) is 1.24. The zero-order valence-electron chi connectivity index (χ0n) is 8.16. The minimum atomic E-state index is -1.19. The number of nitrogens with two attached hydrogens (primary N) is 1. The van der Waals surface area contributed by atoms with Crippen LogP contribution in [0.5, 0.6) is 5.75 Å². The predicted octanol–water partition coefficient (Wildman–Crippen LogP) is 1.22. The van der Waals surface area contributed by atoms with Crippen molar-refractivity contribution < 1.29 is 14.6 Å². The molecule has 78 valence electrons. The Labute approximate surface area is 82.0 Å². The number of hydrogen-bond acceptors (Lipinski definition) is 3. The summed E-state index contributed by atoms with van der Waals surface area (Å²) in [7, 11) is 0. The van der Waals surface area contributed by atoms with Gasteiger partial charge in [-0.05, 0) is 25.5 Å². The van der Waals surface area contributed by atoms with Crippen molar-refractivity contribution in [1.29, 1.82) is 0 Å². The van der Waals surface area contributed by atoms with Crippen molar-refractivity contribution in [3.63, 3.8) is 0 Å². The Balaban J connectivity index is 3.25. The Hall–Kier alpha value is -1.13. The minimum absolute atomic E-state index is 0.125. The smallest absolute Gasteiger partial charge is 0.135 e. The molecule has 0 radical (unpaired) electrons. The van der Waals surface area contributed by atoms with Crippen molar-refractivity contribution in [1.82, 2.24) is 0 Å². The standard InChI is InChI=1S/C10H14FNO2/c1-5-3-4-7(13)8(9(5)11)10(14)6(2)12/h3-4,6,10,13-14H,12H2,1-2H3. The molecule has 2 atom stereocenters. The molecule has 4 heteroatoms. The molecule has 0 aromatic heterocycles. The highest BCUT2D eigenvalue weighted by Crippen LogP contribution is 2.30. The SMILES string of the molecule is Cc1ccc(O)c(C(O)C(C)N)c1F. The number of rotatable bonds is 2. The summed E-state index contributed by atoms with van der Waals surface area (Å²) in [6.45, 7) is 3.11. The summed E-state index contributed by atoms with van der Waals surface area (Å²) in [5.41, 5.74) is 5.68. The maximum atomic E-state index is 13.5. The van der Waals surface area contributed by atoms with Crippen LogP contribution in [0.4, 0.5) is 4.39 Å². The number of hydrogen-bond donors (Lipinski definition) is 3. The molecule has 0 amide bonds. The van der Waals surface area contributed by atoms with Crippen molar-refractivity contribution in [3.05, 3.63) is 29.1 Å². The summed E-state index contributed by atoms with van der Waals surface area (Å²) in [5.74, 6) is -0.868. The molecule has 0 spiro atoms. The summed E-state index contributed by atoms with van der Waals surface area (Å²) in [6.07, 6.45) is -1.19. The van der Waals surface area contributed by atoms with Crippen LogP contribution in [0.1, 0.15) is 24.2 Å². The molecule has 4 N–H and O–H groups in total. The number of phenolic OH excluding ortho intramolecular Hbond substituents is 1. The number of benzene rings is 1. The average Bonchev–Trinajstić information content (AvgIpc) is 2.12. The summed E-state index contributed by atoms with van der Waals surface area (Å²) in [4.78, 5) is 0. The van der Waals surface area contributed by atoms with Crippen LogP contribution in [0.2, 0.25) is 0 Å². The molecule has 14 heavy (non-hydrogen) atoms. The normalized spacial score (nSPS) is 15.2. The van der Waals surface area contributed by atoms with Crippen molar-refractivity contribution in [2.45, 2.75) is 26.0 Å². The molecule has 0 fully saturated rings. The van der Waals surface area contributed by atoms with E-state index in [1.165, 1.54) is 12.1 Å². The molecule has 0 aliphatic rings. The molecular weight excluding hydrogens is 185 g/mol. The molecule has 0 saturated carbocycles. The van der Waals surface area contributed by atoms with E-state index in [9.17, 15) is 14.6 Å². The van der Waals surface area contributed by atoms with E-state index in [4.69, 9.17) is 5.73 Å². The second kappa shape index (κ2) is 3.94. The van der Waals surface area contributed by atoms with Crippen LogP contribution in [0.3, 0.4) is 0 Å². The molecule has 0 bridgehead atoms. The van der Waals surface area contributed by atoms with E-state index in [1.807, 2.05) is 0 Å². The molecule has 2 unspecified atom stereocenters. The topological polar surface area (TPSA) is 66.5 Å². The summed E-state index contributed by atoms with van der Waals surface area (Å²) in [6, 6.07) is 2.17. The third-order valence-electron chi connectivity index (χ3n) is 2.14. The van der Waals surface area contributed by atoms with Crippen LogP contribution in [-0.2, 0) is 0 Å². The molecule has 0 aliphatic heterocycles. The Morgan fingerprint density at radius 1 is 1.43 bits per heavy atom. The first-order chi connectivity index (χ1) is 6.45. The number of aliphatic hydroxyl groups is 1. The molecule has 0 heterocycles. The van der Waals surface area contributed by atoms with E-state index >= 15 is 0 Å². The molecule has 0 aliphatic carbocycles. The van der Waals surface area contributed by atoms with Gasteiger partial charge in [-0.1, -0.05) is 6.07 Å². The van der Waals surface area contributed by atoms with E-state index in [2.05, 4.69) is 0 Å². The highest BCUT2D eigenvalue weighted by molar-refractivity contribution is 5.39. The van der Waals surface area contributed by atoms with Gasteiger partial charge in [-0.15, -0.1) is 0 Å². The van der Waals surface area contributed by atoms with Crippen LogP contribution in [0.15, 0.2) is 12.1 Å². The molecule has 1 rings (SSSR count). The van der Waals surface area contributed by atoms with Gasteiger partial charge < -0.3 is 15.9 Å². The van der Waals surface area contributed by atoms with Crippen molar-refractivity contribution >= 4 is 0 Å². The molecule has 1 aromatic rings. The van der Waals surface area contributed by atoms with E-state index in [0.717, 1.165) is 0 Å². The van der Waals surface area contributed by atoms with Crippen molar-refractivity contribution in [2.75, 3.05) is 0 Å². The van der Waals surface area contributed by atoms with Gasteiger partial charge in [-0.3, -0.25) is 0 Å². The Morgan fingerprint density at radius 2 is 2.00 bits per heavy atom. The summed E-state index contributed by atoms with van der Waals surface area (Å²) < 4.78 is 13.5. The van der Waals surface area contributed by atoms with E-state index in [1.54, 1.807) is 13.8 Å². The highest BCUT2D eigenvalue weighted by atomic mass is 19.1. The Kier molecular flexibility index (Phi) is 3.08. The maximum absolute atomic E-state index is 13.5. The lowest BCUT2D eigenvalue weighted by atomic mass is 10.00. The van der Waals surface area contributed by atoms with Gasteiger partial charge >= 0.3 is 0 Å². The molecule has 1 aromatic carbocycles. The second-order valence-corrected chi connectivity index (χ2v) is 3.43. The van der Waals surface area contributed by atoms with Gasteiger partial charge in [0.1, 0.15) is 17.7 Å². The van der Waals surface area contributed by atoms with Gasteiger partial charge in [-0.25, -0.2) is 4.39 Å². The maximum Gasteiger partial charge on any atom is 0.135 e. The second-order valence-electron chi connectivity index (χ2n) is 3.43. The van der Waals surface area contributed by atoms with Gasteiger partial charge in [0.2, 0.25) is 0 Å². The zero-order valence-corrected chi connectivity index (χ0v) is 8.16. The van der Waals surface area contributed by atoms with Gasteiger partial charge in [0.05, 0.1) is 5.56 Å². The number of aliphatic hydroxyl groups excluding tert-OH is 1. The third-order valence-corrected chi connectivity index (χ3v) is 2.14. The molecule has 0 saturated heterocycles. The molecule has 3 nitrogen and oxygen atoms in total. The van der Waals surface area contributed by atoms with Crippen LogP contribution in [0.25, 0.3) is 0 Å². The number of phenols is 1. The fraction of sp³-hybridized carbons (Fsp3) is 0.400. The highest BCUT2D eigenvalue weighted by Gasteiger charge is 2.21. The van der Waals surface area contributed by atoms with Crippen LogP contribution in [0, 0.1) is 12.7 Å². The third kappa shape index (κ3) is 1.86.